The van der Waals surface area contributed by atoms with Crippen LogP contribution in [-0.2, 0) is 0 Å². The molecule has 0 aliphatic heterocycles. The maximum absolute atomic E-state index is 10.5. The van der Waals surface area contributed by atoms with Crippen LogP contribution >= 0.6 is 0 Å². The van der Waals surface area contributed by atoms with Crippen LogP contribution in [-0.4, -0.2) is 10.7 Å². The van der Waals surface area contributed by atoms with Gasteiger partial charge in [0.2, 0.25) is 0 Å². The first-order valence-corrected chi connectivity index (χ1v) is 8.84. The van der Waals surface area contributed by atoms with Gasteiger partial charge in [0.15, 0.2) is 0 Å². The van der Waals surface area contributed by atoms with Crippen molar-refractivity contribution in [1.29, 1.82) is 0 Å². The van der Waals surface area contributed by atoms with Crippen molar-refractivity contribution in [3.8, 4) is 0 Å². The van der Waals surface area contributed by atoms with Crippen molar-refractivity contribution in [2.45, 2.75) is 77.7 Å². The van der Waals surface area contributed by atoms with Crippen molar-refractivity contribution in [3.05, 3.63) is 48.1 Å². The van der Waals surface area contributed by atoms with E-state index < -0.39 is 5.60 Å². The van der Waals surface area contributed by atoms with E-state index in [1.165, 1.54) is 43.3 Å². The average Bonchev–Trinajstić information content (AvgIpc) is 2.46. The molecule has 1 rings (SSSR count). The van der Waals surface area contributed by atoms with Crippen LogP contribution in [0.5, 0.6) is 0 Å². The summed E-state index contributed by atoms with van der Waals surface area (Å²) < 4.78 is 0. The molecule has 0 aromatic rings. The number of allylic oxidation sites excluding steroid dienone is 5. The summed E-state index contributed by atoms with van der Waals surface area (Å²) in [5, 5.41) is 10.5. The Labute approximate surface area is 137 Å². The normalized spacial score (nSPS) is 22.0. The van der Waals surface area contributed by atoms with Crippen LogP contribution in [0.25, 0.3) is 0 Å². The van der Waals surface area contributed by atoms with Gasteiger partial charge in [-0.15, -0.1) is 0 Å². The highest BCUT2D eigenvalue weighted by atomic mass is 16.3. The van der Waals surface area contributed by atoms with E-state index in [1.54, 1.807) is 0 Å². The number of rotatable bonds is 9. The fraction of sp³-hybridized carbons (Fsp3) is 0.619. The Morgan fingerprint density at radius 2 is 2.18 bits per heavy atom. The highest BCUT2D eigenvalue weighted by Gasteiger charge is 2.23. The lowest BCUT2D eigenvalue weighted by atomic mass is 9.81. The molecule has 2 atom stereocenters. The van der Waals surface area contributed by atoms with E-state index in [-0.39, 0.29) is 0 Å². The van der Waals surface area contributed by atoms with Crippen LogP contribution < -0.4 is 0 Å². The lowest BCUT2D eigenvalue weighted by molar-refractivity contribution is 0.109. The third-order valence-corrected chi connectivity index (χ3v) is 4.48. The van der Waals surface area contributed by atoms with Gasteiger partial charge in [0, 0.05) is 6.42 Å². The zero-order valence-electron chi connectivity index (χ0n) is 14.8. The first kappa shape index (κ1) is 19.0. The Morgan fingerprint density at radius 3 is 2.82 bits per heavy atom. The Hall–Kier alpha value is -1.08. The lowest BCUT2D eigenvalue weighted by Crippen LogP contribution is -2.23. The highest BCUT2D eigenvalue weighted by Crippen LogP contribution is 2.32. The molecule has 0 heterocycles. The minimum Gasteiger partial charge on any atom is -0.386 e. The van der Waals surface area contributed by atoms with Gasteiger partial charge in [0.05, 0.1) is 5.60 Å². The second-order valence-electron chi connectivity index (χ2n) is 7.00. The second kappa shape index (κ2) is 9.84. The molecule has 0 unspecified atom stereocenters. The molecule has 22 heavy (non-hydrogen) atoms. The Kier molecular flexibility index (Phi) is 8.48. The Balaban J connectivity index is 2.37. The molecule has 0 saturated carbocycles. The van der Waals surface area contributed by atoms with E-state index in [0.717, 1.165) is 12.8 Å². The smallest absolute Gasteiger partial charge is 0.0839 e. The van der Waals surface area contributed by atoms with Crippen molar-refractivity contribution < 1.29 is 5.11 Å². The molecule has 0 spiro atoms. The zero-order valence-corrected chi connectivity index (χ0v) is 14.8. The predicted molar refractivity (Wildman–Crippen MR) is 97.9 cm³/mol. The molecular weight excluding hydrogens is 268 g/mol. The topological polar surface area (TPSA) is 20.2 Å². The summed E-state index contributed by atoms with van der Waals surface area (Å²) in [6, 6.07) is 0. The Bertz CT molecular complexity index is 423. The van der Waals surface area contributed by atoms with Gasteiger partial charge in [-0.25, -0.2) is 0 Å². The maximum atomic E-state index is 10.5. The first-order valence-electron chi connectivity index (χ1n) is 8.84. The molecular formula is C21H34O. The summed E-state index contributed by atoms with van der Waals surface area (Å²) in [5.74, 6) is 0.535. The molecule has 0 fully saturated rings. The van der Waals surface area contributed by atoms with Crippen LogP contribution in [0.3, 0.4) is 0 Å². The third-order valence-electron chi connectivity index (χ3n) is 4.48. The van der Waals surface area contributed by atoms with Crippen molar-refractivity contribution in [1.82, 2.24) is 0 Å². The molecule has 1 heteroatoms. The fourth-order valence-corrected chi connectivity index (χ4v) is 2.95. The summed E-state index contributed by atoms with van der Waals surface area (Å²) >= 11 is 0. The van der Waals surface area contributed by atoms with Gasteiger partial charge < -0.3 is 5.11 Å². The number of aliphatic hydroxyl groups is 1. The van der Waals surface area contributed by atoms with E-state index in [2.05, 4.69) is 38.7 Å². The number of hydrogen-bond donors (Lipinski definition) is 1. The first-order chi connectivity index (χ1) is 10.4. The predicted octanol–water partition coefficient (Wildman–Crippen LogP) is 6.12. The van der Waals surface area contributed by atoms with Crippen molar-refractivity contribution in [2.24, 2.45) is 5.92 Å². The summed E-state index contributed by atoms with van der Waals surface area (Å²) in [6.45, 7) is 10.5. The molecule has 0 amide bonds. The van der Waals surface area contributed by atoms with Gasteiger partial charge in [0.1, 0.15) is 0 Å². The SMILES string of the molecule is C=C(C[C@](C)(O)/C=C/C=C/CCCCC)[C@H]1CC=C(C)CC1. The van der Waals surface area contributed by atoms with Crippen molar-refractivity contribution in [2.75, 3.05) is 0 Å². The van der Waals surface area contributed by atoms with Crippen molar-refractivity contribution >= 4 is 0 Å². The van der Waals surface area contributed by atoms with E-state index in [1.807, 2.05) is 19.1 Å². The van der Waals surface area contributed by atoms with E-state index >= 15 is 0 Å². The third kappa shape index (κ3) is 7.79. The number of hydrogen-bond acceptors (Lipinski definition) is 1. The lowest BCUT2D eigenvalue weighted by Gasteiger charge is -2.27. The molecule has 1 aliphatic carbocycles. The van der Waals surface area contributed by atoms with Crippen LogP contribution in [0.2, 0.25) is 0 Å². The minimum absolute atomic E-state index is 0.535. The maximum Gasteiger partial charge on any atom is 0.0839 e. The highest BCUT2D eigenvalue weighted by molar-refractivity contribution is 5.17. The molecule has 124 valence electrons. The number of unbranched alkanes of at least 4 members (excludes halogenated alkanes) is 3. The van der Waals surface area contributed by atoms with Gasteiger partial charge in [-0.3, -0.25) is 0 Å². The summed E-state index contributed by atoms with van der Waals surface area (Å²) in [7, 11) is 0. The summed E-state index contributed by atoms with van der Waals surface area (Å²) in [4.78, 5) is 0. The zero-order chi connectivity index (χ0) is 16.4. The van der Waals surface area contributed by atoms with Crippen LogP contribution in [0.15, 0.2) is 48.1 Å². The van der Waals surface area contributed by atoms with Crippen molar-refractivity contribution in [3.63, 3.8) is 0 Å². The molecule has 1 nitrogen and oxygen atoms in total. The molecule has 0 aromatic carbocycles. The molecule has 1 N–H and O–H groups in total. The largest absolute Gasteiger partial charge is 0.386 e. The van der Waals surface area contributed by atoms with Gasteiger partial charge >= 0.3 is 0 Å². The quantitative estimate of drug-likeness (QED) is 0.309. The van der Waals surface area contributed by atoms with E-state index in [0.29, 0.717) is 12.3 Å². The standard InChI is InChI=1S/C21H34O/c1-5-6-7-8-9-10-11-16-21(4,22)17-19(3)20-14-12-18(2)13-15-20/h9-12,16,20,22H,3,5-8,13-15,17H2,1-2,4H3/b10-9+,16-11+/t20-,21+/m0/s1. The van der Waals surface area contributed by atoms with E-state index in [9.17, 15) is 5.11 Å². The van der Waals surface area contributed by atoms with E-state index in [4.69, 9.17) is 0 Å². The summed E-state index contributed by atoms with van der Waals surface area (Å²) in [6.07, 6.45) is 19.5. The average molecular weight is 303 g/mol. The van der Waals surface area contributed by atoms with Crippen LogP contribution in [0.4, 0.5) is 0 Å². The van der Waals surface area contributed by atoms with Gasteiger partial charge in [-0.2, -0.15) is 0 Å². The summed E-state index contributed by atoms with van der Waals surface area (Å²) in [5.41, 5.74) is 1.88. The monoisotopic (exact) mass is 302 g/mol. The fourth-order valence-electron chi connectivity index (χ4n) is 2.95. The molecule has 0 saturated heterocycles. The molecule has 0 bridgehead atoms. The van der Waals surface area contributed by atoms with Gasteiger partial charge in [0.25, 0.3) is 0 Å². The second-order valence-corrected chi connectivity index (χ2v) is 7.00. The van der Waals surface area contributed by atoms with Gasteiger partial charge in [-0.1, -0.05) is 67.9 Å². The van der Waals surface area contributed by atoms with Gasteiger partial charge in [-0.05, 0) is 51.9 Å². The molecule has 1 aliphatic rings. The van der Waals surface area contributed by atoms with Crippen LogP contribution in [0.1, 0.15) is 72.1 Å². The van der Waals surface area contributed by atoms with Crippen LogP contribution in [0, 0.1) is 5.92 Å². The molecule has 0 aromatic heterocycles. The Morgan fingerprint density at radius 1 is 1.41 bits per heavy atom. The molecule has 0 radical (unpaired) electrons. The minimum atomic E-state index is -0.791.